The number of para-hydroxylation sites is 1. The number of rotatable bonds is 3. The molecule has 4 aliphatic rings. The zero-order chi connectivity index (χ0) is 26.9. The molecular weight excluding hydrogens is 506 g/mol. The van der Waals surface area contributed by atoms with Crippen molar-refractivity contribution >= 4 is 40.7 Å². The molecule has 4 atom stereocenters. The SMILES string of the molecule is COc1cc([C@H]2C3=CC[C@@H]4C(=O)N(c5ccccc5)C(=O)[C@@H]4[C@@H]3CC3=C2C(=O)C(C)=CC3=O)cc(Cl)c1O. The molecule has 2 aromatic carbocycles. The molecule has 8 heteroatoms. The molecule has 7 nitrogen and oxygen atoms in total. The van der Waals surface area contributed by atoms with Gasteiger partial charge in [-0.15, -0.1) is 0 Å². The number of phenolic OH excluding ortho intramolecular Hbond substituents is 1. The normalized spacial score (nSPS) is 26.6. The molecule has 0 saturated carbocycles. The third-order valence-electron chi connectivity index (χ3n) is 8.18. The fraction of sp³-hybridized carbons (Fsp3) is 0.267. The van der Waals surface area contributed by atoms with Crippen LogP contribution in [0.25, 0.3) is 0 Å². The summed E-state index contributed by atoms with van der Waals surface area (Å²) in [5.41, 5.74) is 2.94. The Balaban J connectivity index is 1.52. The lowest BCUT2D eigenvalue weighted by atomic mass is 9.59. The maximum atomic E-state index is 13.8. The lowest BCUT2D eigenvalue weighted by Gasteiger charge is -2.42. The first-order valence-corrected chi connectivity index (χ1v) is 12.8. The predicted molar refractivity (Wildman–Crippen MR) is 140 cm³/mol. The highest BCUT2D eigenvalue weighted by Crippen LogP contribution is 2.56. The standard InChI is InChI=1S/C30H24ClNO6/c1-14-10-22(33)20-13-19-17(24(26(20)27(14)34)15-11-21(31)28(35)23(12-15)38-2)8-9-18-25(19)30(37)32(29(18)36)16-6-4-3-5-7-16/h3-8,10-12,18-19,24-25,35H,9,13H2,1-2H3/t18-,19+,24-,25-/m0/s1. The summed E-state index contributed by atoms with van der Waals surface area (Å²) in [4.78, 5) is 55.3. The van der Waals surface area contributed by atoms with Gasteiger partial charge in [0, 0.05) is 22.6 Å². The molecule has 0 radical (unpaired) electrons. The van der Waals surface area contributed by atoms with Gasteiger partial charge < -0.3 is 9.84 Å². The van der Waals surface area contributed by atoms with Crippen LogP contribution in [0.4, 0.5) is 5.69 Å². The van der Waals surface area contributed by atoms with E-state index >= 15 is 0 Å². The minimum absolute atomic E-state index is 0.0436. The molecule has 0 bridgehead atoms. The van der Waals surface area contributed by atoms with Gasteiger partial charge >= 0.3 is 0 Å². The Morgan fingerprint density at radius 1 is 1.03 bits per heavy atom. The maximum absolute atomic E-state index is 13.8. The molecule has 1 saturated heterocycles. The van der Waals surface area contributed by atoms with Crippen molar-refractivity contribution in [3.63, 3.8) is 0 Å². The molecule has 3 aliphatic carbocycles. The molecule has 1 aliphatic heterocycles. The Hall–Kier alpha value is -3.97. The molecule has 1 fully saturated rings. The number of amides is 2. The van der Waals surface area contributed by atoms with Gasteiger partial charge in [0.25, 0.3) is 0 Å². The first-order chi connectivity index (χ1) is 18.2. The number of allylic oxidation sites excluding steroid dienone is 6. The second-order valence-electron chi connectivity index (χ2n) is 10.1. The van der Waals surface area contributed by atoms with E-state index in [4.69, 9.17) is 16.3 Å². The smallest absolute Gasteiger partial charge is 0.238 e. The number of hydrogen-bond acceptors (Lipinski definition) is 6. The molecular formula is C30H24ClNO6. The van der Waals surface area contributed by atoms with Crippen LogP contribution >= 0.6 is 11.6 Å². The van der Waals surface area contributed by atoms with Gasteiger partial charge in [-0.2, -0.15) is 0 Å². The summed E-state index contributed by atoms with van der Waals surface area (Å²) in [6, 6.07) is 12.0. The second kappa shape index (κ2) is 8.81. The zero-order valence-electron chi connectivity index (χ0n) is 20.7. The van der Waals surface area contributed by atoms with Crippen molar-refractivity contribution in [2.24, 2.45) is 17.8 Å². The van der Waals surface area contributed by atoms with E-state index in [1.54, 1.807) is 43.3 Å². The number of anilines is 1. The molecule has 38 heavy (non-hydrogen) atoms. The van der Waals surface area contributed by atoms with E-state index in [0.29, 0.717) is 34.4 Å². The lowest BCUT2D eigenvalue weighted by Crippen LogP contribution is -2.39. The number of hydrogen-bond donors (Lipinski definition) is 1. The number of ether oxygens (including phenoxy) is 1. The lowest BCUT2D eigenvalue weighted by molar-refractivity contribution is -0.123. The van der Waals surface area contributed by atoms with Crippen molar-refractivity contribution in [2.45, 2.75) is 25.7 Å². The number of Topliss-reactive ketones (excluding diaryl/α,β-unsaturated/α-hetero) is 1. The molecule has 2 amide bonds. The third kappa shape index (κ3) is 3.42. The first-order valence-electron chi connectivity index (χ1n) is 12.4. The van der Waals surface area contributed by atoms with E-state index in [9.17, 15) is 24.3 Å². The van der Waals surface area contributed by atoms with Crippen LogP contribution in [0.15, 0.2) is 76.9 Å². The number of carbonyl (C=O) groups excluding carboxylic acids is 4. The van der Waals surface area contributed by atoms with Crippen molar-refractivity contribution in [3.05, 3.63) is 87.5 Å². The molecule has 1 N–H and O–H groups in total. The molecule has 0 aromatic heterocycles. The van der Waals surface area contributed by atoms with Gasteiger partial charge in [0.1, 0.15) is 0 Å². The van der Waals surface area contributed by atoms with Crippen LogP contribution in [0.3, 0.4) is 0 Å². The number of benzene rings is 2. The number of phenols is 1. The number of methoxy groups -OCH3 is 1. The van der Waals surface area contributed by atoms with E-state index in [1.807, 2.05) is 12.1 Å². The largest absolute Gasteiger partial charge is 0.503 e. The van der Waals surface area contributed by atoms with E-state index in [2.05, 4.69) is 0 Å². The second-order valence-corrected chi connectivity index (χ2v) is 10.5. The van der Waals surface area contributed by atoms with E-state index in [0.717, 1.165) is 5.57 Å². The van der Waals surface area contributed by atoms with E-state index in [-0.39, 0.29) is 46.3 Å². The highest BCUT2D eigenvalue weighted by Gasteiger charge is 2.56. The average Bonchev–Trinajstić information content (AvgIpc) is 3.17. The van der Waals surface area contributed by atoms with E-state index < -0.39 is 23.7 Å². The third-order valence-corrected chi connectivity index (χ3v) is 8.47. The highest BCUT2D eigenvalue weighted by atomic mass is 35.5. The summed E-state index contributed by atoms with van der Waals surface area (Å²) in [7, 11) is 1.40. The fourth-order valence-electron chi connectivity index (χ4n) is 6.49. The fourth-order valence-corrected chi connectivity index (χ4v) is 6.71. The van der Waals surface area contributed by atoms with Crippen molar-refractivity contribution in [1.82, 2.24) is 0 Å². The van der Waals surface area contributed by atoms with Crippen LogP contribution in [-0.4, -0.2) is 35.6 Å². The van der Waals surface area contributed by atoms with Gasteiger partial charge in [-0.3, -0.25) is 24.1 Å². The van der Waals surface area contributed by atoms with Crippen molar-refractivity contribution < 1.29 is 29.0 Å². The minimum Gasteiger partial charge on any atom is -0.503 e. The molecule has 0 spiro atoms. The Morgan fingerprint density at radius 2 is 1.76 bits per heavy atom. The van der Waals surface area contributed by atoms with Gasteiger partial charge in [-0.1, -0.05) is 41.4 Å². The summed E-state index contributed by atoms with van der Waals surface area (Å²) >= 11 is 6.35. The van der Waals surface area contributed by atoms with Crippen LogP contribution < -0.4 is 9.64 Å². The Bertz CT molecular complexity index is 1540. The van der Waals surface area contributed by atoms with Gasteiger partial charge in [0.2, 0.25) is 11.8 Å². The summed E-state index contributed by atoms with van der Waals surface area (Å²) in [5, 5.41) is 10.4. The van der Waals surface area contributed by atoms with Gasteiger partial charge in [-0.05, 0) is 61.6 Å². The summed E-state index contributed by atoms with van der Waals surface area (Å²) in [5.74, 6) is -3.50. The van der Waals surface area contributed by atoms with Crippen molar-refractivity contribution in [1.29, 1.82) is 0 Å². The monoisotopic (exact) mass is 529 g/mol. The van der Waals surface area contributed by atoms with Crippen LogP contribution in [-0.2, 0) is 19.2 Å². The number of carbonyl (C=O) groups is 4. The highest BCUT2D eigenvalue weighted by molar-refractivity contribution is 6.32. The number of ketones is 2. The number of nitrogens with zero attached hydrogens (tertiary/aromatic N) is 1. The Kier molecular flexibility index (Phi) is 5.65. The van der Waals surface area contributed by atoms with Gasteiger partial charge in [0.15, 0.2) is 23.1 Å². The summed E-state index contributed by atoms with van der Waals surface area (Å²) < 4.78 is 5.32. The number of halogens is 1. The zero-order valence-corrected chi connectivity index (χ0v) is 21.5. The van der Waals surface area contributed by atoms with E-state index in [1.165, 1.54) is 18.1 Å². The average molecular weight is 530 g/mol. The maximum Gasteiger partial charge on any atom is 0.238 e. The quantitative estimate of drug-likeness (QED) is 0.352. The van der Waals surface area contributed by atoms with Crippen LogP contribution in [0, 0.1) is 17.8 Å². The van der Waals surface area contributed by atoms with Gasteiger partial charge in [-0.25, -0.2) is 0 Å². The van der Waals surface area contributed by atoms with Crippen LogP contribution in [0.5, 0.6) is 11.5 Å². The topological polar surface area (TPSA) is 101 Å². The van der Waals surface area contributed by atoms with Crippen LogP contribution in [0.1, 0.15) is 31.2 Å². The summed E-state index contributed by atoms with van der Waals surface area (Å²) in [6.45, 7) is 1.61. The first kappa shape index (κ1) is 24.4. The number of aromatic hydroxyl groups is 1. The Labute approximate surface area is 224 Å². The van der Waals surface area contributed by atoms with Crippen LogP contribution in [0.2, 0.25) is 5.02 Å². The molecule has 0 unspecified atom stereocenters. The molecule has 1 heterocycles. The molecule has 6 rings (SSSR count). The number of imide groups is 1. The minimum atomic E-state index is -0.675. The Morgan fingerprint density at radius 3 is 2.47 bits per heavy atom. The summed E-state index contributed by atoms with van der Waals surface area (Å²) in [6.07, 6.45) is 3.81. The molecule has 192 valence electrons. The van der Waals surface area contributed by atoms with Crippen molar-refractivity contribution in [3.8, 4) is 11.5 Å². The van der Waals surface area contributed by atoms with Gasteiger partial charge in [0.05, 0.1) is 29.7 Å². The molecule has 2 aromatic rings. The van der Waals surface area contributed by atoms with Crippen molar-refractivity contribution in [2.75, 3.05) is 12.0 Å². The number of fused-ring (bicyclic) bond motifs is 3. The predicted octanol–water partition coefficient (Wildman–Crippen LogP) is 4.69.